The van der Waals surface area contributed by atoms with Crippen molar-refractivity contribution < 1.29 is 0 Å². The fourth-order valence-corrected chi connectivity index (χ4v) is 9.21. The fourth-order valence-electron chi connectivity index (χ4n) is 9.21. The number of rotatable bonds is 5. The molecular formula is C51H45N5. The van der Waals surface area contributed by atoms with Gasteiger partial charge in [0.1, 0.15) is 12.0 Å². The van der Waals surface area contributed by atoms with Crippen molar-refractivity contribution in [2.45, 2.75) is 51.1 Å². The molecule has 0 radical (unpaired) electrons. The van der Waals surface area contributed by atoms with Crippen molar-refractivity contribution in [2.75, 3.05) is 9.80 Å². The number of allylic oxidation sites excluding steroid dienone is 3. The lowest BCUT2D eigenvalue weighted by Gasteiger charge is -2.44. The van der Waals surface area contributed by atoms with Crippen molar-refractivity contribution in [1.82, 2.24) is 5.32 Å². The van der Waals surface area contributed by atoms with E-state index in [1.165, 1.54) is 45.0 Å². The number of nitrogens with zero attached hydrogens (tertiary/aromatic N) is 4. The van der Waals surface area contributed by atoms with Gasteiger partial charge < -0.3 is 15.1 Å². The van der Waals surface area contributed by atoms with Gasteiger partial charge in [-0.15, -0.1) is 0 Å². The van der Waals surface area contributed by atoms with Gasteiger partial charge in [0.15, 0.2) is 5.84 Å². The van der Waals surface area contributed by atoms with Gasteiger partial charge in [-0.2, -0.15) is 0 Å². The molecule has 1 aliphatic carbocycles. The Kier molecular flexibility index (Phi) is 7.96. The Morgan fingerprint density at radius 1 is 0.536 bits per heavy atom. The highest BCUT2D eigenvalue weighted by molar-refractivity contribution is 6.13. The van der Waals surface area contributed by atoms with Crippen LogP contribution in [-0.4, -0.2) is 17.8 Å². The third-order valence-corrected chi connectivity index (χ3v) is 12.2. The highest BCUT2D eigenvalue weighted by Gasteiger charge is 2.40. The van der Waals surface area contributed by atoms with Crippen molar-refractivity contribution >= 4 is 45.8 Å². The number of aliphatic imine (C=N–C) groups is 2. The highest BCUT2D eigenvalue weighted by atomic mass is 15.2. The van der Waals surface area contributed by atoms with E-state index in [-0.39, 0.29) is 22.9 Å². The van der Waals surface area contributed by atoms with Crippen molar-refractivity contribution in [2.24, 2.45) is 15.9 Å². The molecule has 5 nitrogen and oxygen atoms in total. The SMILES string of the molecule is CC1(C)c2ccccc2N(c2ccc3c(c2)C(C)(C)c2ccccc2N3c2ccc(C3=NC(c4ccccc4)=NC(C4C=CC=CC4)N3)cc2)c2ccccc21. The molecule has 0 amide bonds. The lowest BCUT2D eigenvalue weighted by atomic mass is 9.72. The van der Waals surface area contributed by atoms with Crippen LogP contribution in [0.5, 0.6) is 0 Å². The molecule has 0 saturated heterocycles. The zero-order chi connectivity index (χ0) is 38.0. The van der Waals surface area contributed by atoms with Gasteiger partial charge in [0.2, 0.25) is 0 Å². The topological polar surface area (TPSA) is 43.2 Å². The number of amidine groups is 2. The summed E-state index contributed by atoms with van der Waals surface area (Å²) < 4.78 is 0. The van der Waals surface area contributed by atoms with Crippen LogP contribution in [-0.2, 0) is 10.8 Å². The molecule has 0 aromatic heterocycles. The summed E-state index contributed by atoms with van der Waals surface area (Å²) in [6, 6.07) is 52.9. The smallest absolute Gasteiger partial charge is 0.159 e. The molecule has 0 spiro atoms. The molecule has 4 aliphatic rings. The number of benzene rings is 6. The van der Waals surface area contributed by atoms with Gasteiger partial charge in [-0.05, 0) is 89.3 Å². The van der Waals surface area contributed by atoms with Gasteiger partial charge in [-0.1, -0.05) is 137 Å². The van der Waals surface area contributed by atoms with Gasteiger partial charge in [0.25, 0.3) is 0 Å². The fraction of sp³-hybridized carbons (Fsp3) is 0.176. The average Bonchev–Trinajstić information content (AvgIpc) is 3.25. The van der Waals surface area contributed by atoms with E-state index >= 15 is 0 Å². The Balaban J connectivity index is 1.06. The normalized spacial score (nSPS) is 19.8. The molecule has 2 unspecified atom stereocenters. The minimum Gasteiger partial charge on any atom is -0.347 e. The summed E-state index contributed by atoms with van der Waals surface area (Å²) >= 11 is 0. The van der Waals surface area contributed by atoms with E-state index in [9.17, 15) is 0 Å². The summed E-state index contributed by atoms with van der Waals surface area (Å²) in [6.07, 6.45) is 9.52. The second-order valence-corrected chi connectivity index (χ2v) is 16.3. The number of hydrogen-bond donors (Lipinski definition) is 1. The second kappa shape index (κ2) is 13.1. The standard InChI is InChI=1S/C51H45N5/c1-50(2)39-21-11-15-25-44(39)56(45-26-16-12-22-40(45)50)38-31-32-46-42(33-38)51(3,4)41-23-13-14-24-43(41)55(46)37-29-27-36(28-30-37)49-53-47(34-17-7-5-8-18-34)52-48(54-49)35-19-9-6-10-20-35/h5-19,21-33,35,48H,20H2,1-4H3,(H,52,53,54). The summed E-state index contributed by atoms with van der Waals surface area (Å²) in [6.45, 7) is 9.41. The minimum absolute atomic E-state index is 0.110. The first-order chi connectivity index (χ1) is 27.3. The number of anilines is 6. The number of fused-ring (bicyclic) bond motifs is 4. The zero-order valence-corrected chi connectivity index (χ0v) is 32.3. The molecule has 0 fully saturated rings. The lowest BCUT2D eigenvalue weighted by molar-refractivity contribution is 0.475. The van der Waals surface area contributed by atoms with Crippen molar-refractivity contribution in [3.8, 4) is 0 Å². The predicted molar refractivity (Wildman–Crippen MR) is 233 cm³/mol. The first-order valence-corrected chi connectivity index (χ1v) is 19.7. The summed E-state index contributed by atoms with van der Waals surface area (Å²) in [7, 11) is 0. The predicted octanol–water partition coefficient (Wildman–Crippen LogP) is 12.2. The van der Waals surface area contributed by atoms with Gasteiger partial charge in [-0.25, -0.2) is 9.98 Å². The maximum atomic E-state index is 5.10. The van der Waals surface area contributed by atoms with E-state index in [1.807, 2.05) is 18.2 Å². The van der Waals surface area contributed by atoms with E-state index < -0.39 is 0 Å². The molecule has 5 heteroatoms. The van der Waals surface area contributed by atoms with E-state index in [0.717, 1.165) is 40.6 Å². The van der Waals surface area contributed by atoms with E-state index in [0.29, 0.717) is 0 Å². The van der Waals surface area contributed by atoms with Gasteiger partial charge in [0.05, 0.1) is 22.7 Å². The van der Waals surface area contributed by atoms with Crippen LogP contribution in [0.3, 0.4) is 0 Å². The molecule has 0 saturated carbocycles. The van der Waals surface area contributed by atoms with E-state index in [4.69, 9.17) is 9.98 Å². The Bertz CT molecular complexity index is 2560. The molecule has 6 aromatic rings. The van der Waals surface area contributed by atoms with Gasteiger partial charge >= 0.3 is 0 Å². The summed E-state index contributed by atoms with van der Waals surface area (Å²) in [5.74, 6) is 1.85. The summed E-state index contributed by atoms with van der Waals surface area (Å²) in [4.78, 5) is 15.1. The van der Waals surface area contributed by atoms with Crippen LogP contribution in [0.25, 0.3) is 0 Å². The quantitative estimate of drug-likeness (QED) is 0.192. The Morgan fingerprint density at radius 3 is 1.68 bits per heavy atom. The Labute approximate surface area is 330 Å². The maximum Gasteiger partial charge on any atom is 0.159 e. The summed E-state index contributed by atoms with van der Waals surface area (Å²) in [5.41, 5.74) is 14.1. The van der Waals surface area contributed by atoms with Crippen LogP contribution in [0, 0.1) is 5.92 Å². The zero-order valence-electron chi connectivity index (χ0n) is 32.3. The number of nitrogens with one attached hydrogen (secondary N) is 1. The van der Waals surface area contributed by atoms with Crippen LogP contribution in [0.4, 0.5) is 34.1 Å². The van der Waals surface area contributed by atoms with Gasteiger partial charge in [0, 0.05) is 39.2 Å². The maximum absolute atomic E-state index is 5.10. The molecular weight excluding hydrogens is 683 g/mol. The molecule has 0 bridgehead atoms. The van der Waals surface area contributed by atoms with Crippen LogP contribution in [0.2, 0.25) is 0 Å². The molecule has 3 aliphatic heterocycles. The van der Waals surface area contributed by atoms with E-state index in [1.54, 1.807) is 0 Å². The average molecular weight is 728 g/mol. The molecule has 274 valence electrons. The second-order valence-electron chi connectivity index (χ2n) is 16.3. The first kappa shape index (κ1) is 34.1. The molecule has 6 aromatic carbocycles. The Morgan fingerprint density at radius 2 is 1.07 bits per heavy atom. The minimum atomic E-state index is -0.238. The van der Waals surface area contributed by atoms with Crippen LogP contribution >= 0.6 is 0 Å². The third-order valence-electron chi connectivity index (χ3n) is 12.2. The third kappa shape index (κ3) is 5.44. The molecule has 3 heterocycles. The van der Waals surface area contributed by atoms with Crippen molar-refractivity contribution in [1.29, 1.82) is 0 Å². The van der Waals surface area contributed by atoms with Crippen LogP contribution in [0.1, 0.15) is 67.5 Å². The lowest BCUT2D eigenvalue weighted by Crippen LogP contribution is -2.43. The Hall–Kier alpha value is -6.46. The molecule has 10 rings (SSSR count). The summed E-state index contributed by atoms with van der Waals surface area (Å²) in [5, 5.41) is 3.70. The van der Waals surface area contributed by atoms with Crippen LogP contribution in [0.15, 0.2) is 180 Å². The molecule has 1 N–H and O–H groups in total. The first-order valence-electron chi connectivity index (χ1n) is 19.7. The molecule has 56 heavy (non-hydrogen) atoms. The van der Waals surface area contributed by atoms with Gasteiger partial charge in [-0.3, -0.25) is 0 Å². The molecule has 2 atom stereocenters. The number of hydrogen-bond acceptors (Lipinski definition) is 5. The monoisotopic (exact) mass is 727 g/mol. The van der Waals surface area contributed by atoms with Crippen LogP contribution < -0.4 is 15.1 Å². The van der Waals surface area contributed by atoms with Crippen molar-refractivity contribution in [3.63, 3.8) is 0 Å². The highest BCUT2D eigenvalue weighted by Crippen LogP contribution is 2.56. The van der Waals surface area contributed by atoms with E-state index in [2.05, 4.69) is 195 Å². The number of para-hydroxylation sites is 3. The largest absolute Gasteiger partial charge is 0.347 e. The van der Waals surface area contributed by atoms with Crippen molar-refractivity contribution in [3.05, 3.63) is 203 Å².